The summed E-state index contributed by atoms with van der Waals surface area (Å²) in [6.07, 6.45) is 3.73. The number of benzene rings is 2. The Morgan fingerprint density at radius 1 is 1.10 bits per heavy atom. The Labute approximate surface area is 187 Å². The summed E-state index contributed by atoms with van der Waals surface area (Å²) < 4.78 is 0. The van der Waals surface area contributed by atoms with Crippen molar-refractivity contribution in [2.75, 3.05) is 11.4 Å². The fourth-order valence-electron chi connectivity index (χ4n) is 4.66. The number of hydrogen-bond donors (Lipinski definition) is 1. The van der Waals surface area contributed by atoms with Gasteiger partial charge in [-0.25, -0.2) is 0 Å². The van der Waals surface area contributed by atoms with Crippen LogP contribution in [0.3, 0.4) is 0 Å². The zero-order chi connectivity index (χ0) is 21.5. The molecule has 4 rings (SSSR count). The van der Waals surface area contributed by atoms with E-state index in [0.29, 0.717) is 21.5 Å². The van der Waals surface area contributed by atoms with Gasteiger partial charge < -0.3 is 10.2 Å². The highest BCUT2D eigenvalue weighted by atomic mass is 35.5. The van der Waals surface area contributed by atoms with Crippen molar-refractivity contribution in [3.8, 4) is 0 Å². The number of halogens is 2. The summed E-state index contributed by atoms with van der Waals surface area (Å²) in [7, 11) is 0. The van der Waals surface area contributed by atoms with E-state index < -0.39 is 5.41 Å². The number of carbonyl (C=O) groups excluding carboxylic acids is 2. The van der Waals surface area contributed by atoms with Crippen LogP contribution in [-0.4, -0.2) is 24.4 Å². The monoisotopic (exact) mass is 444 g/mol. The molecule has 1 heterocycles. The molecule has 1 N–H and O–H groups in total. The molecule has 2 aliphatic rings. The summed E-state index contributed by atoms with van der Waals surface area (Å²) in [6, 6.07) is 13.1. The molecule has 1 aliphatic heterocycles. The van der Waals surface area contributed by atoms with E-state index in [1.165, 1.54) is 0 Å². The van der Waals surface area contributed by atoms with E-state index in [0.717, 1.165) is 43.5 Å². The summed E-state index contributed by atoms with van der Waals surface area (Å²) in [6.45, 7) is 4.74. The van der Waals surface area contributed by atoms with Crippen molar-refractivity contribution in [1.29, 1.82) is 0 Å². The molecule has 0 atom stereocenters. The number of nitrogens with zero attached hydrogens (tertiary/aromatic N) is 1. The molecule has 158 valence electrons. The molecule has 0 saturated heterocycles. The molecule has 2 aromatic rings. The maximum absolute atomic E-state index is 13.0. The van der Waals surface area contributed by atoms with Gasteiger partial charge in [0.2, 0.25) is 5.91 Å². The van der Waals surface area contributed by atoms with Crippen LogP contribution in [0.25, 0.3) is 0 Å². The molecule has 2 amide bonds. The van der Waals surface area contributed by atoms with Gasteiger partial charge in [-0.2, -0.15) is 0 Å². The van der Waals surface area contributed by atoms with Gasteiger partial charge in [-0.15, -0.1) is 0 Å². The van der Waals surface area contributed by atoms with Crippen molar-refractivity contribution in [1.82, 2.24) is 5.32 Å². The zero-order valence-corrected chi connectivity index (χ0v) is 18.8. The van der Waals surface area contributed by atoms with Gasteiger partial charge in [-0.1, -0.05) is 41.4 Å². The van der Waals surface area contributed by atoms with Crippen LogP contribution in [0.4, 0.5) is 5.69 Å². The standard InChI is InChI=1S/C24H26Cl2N2O2/c1-24(2)19-5-3-4-6-21(19)28(23(24)30)14-15-7-10-17(11-8-15)27-22(29)18-13-16(25)9-12-20(18)26/h3-6,9,12-13,15,17H,7-8,10-11,14H2,1-2H3,(H,27,29)/t15-,17-. The Morgan fingerprint density at radius 3 is 2.53 bits per heavy atom. The van der Waals surface area contributed by atoms with E-state index in [4.69, 9.17) is 23.2 Å². The van der Waals surface area contributed by atoms with Crippen LogP contribution in [0, 0.1) is 5.92 Å². The number of para-hydroxylation sites is 1. The Kier molecular flexibility index (Phi) is 5.82. The summed E-state index contributed by atoms with van der Waals surface area (Å²) in [5.74, 6) is 0.421. The largest absolute Gasteiger partial charge is 0.349 e. The number of carbonyl (C=O) groups is 2. The molecular weight excluding hydrogens is 419 g/mol. The number of rotatable bonds is 4. The third-order valence-electron chi connectivity index (χ3n) is 6.44. The number of amides is 2. The molecule has 6 heteroatoms. The summed E-state index contributed by atoms with van der Waals surface area (Å²) in [5.41, 5.74) is 2.08. The Balaban J connectivity index is 1.36. The third-order valence-corrected chi connectivity index (χ3v) is 7.01. The van der Waals surface area contributed by atoms with Crippen molar-refractivity contribution in [2.45, 2.75) is 51.0 Å². The van der Waals surface area contributed by atoms with Gasteiger partial charge in [0, 0.05) is 23.3 Å². The number of anilines is 1. The average Bonchev–Trinajstić information content (AvgIpc) is 2.92. The third kappa shape index (κ3) is 3.95. The zero-order valence-electron chi connectivity index (χ0n) is 17.3. The number of hydrogen-bond acceptors (Lipinski definition) is 2. The maximum atomic E-state index is 13.0. The van der Waals surface area contributed by atoms with E-state index in [1.807, 2.05) is 36.9 Å². The van der Waals surface area contributed by atoms with Crippen molar-refractivity contribution < 1.29 is 9.59 Å². The van der Waals surface area contributed by atoms with Crippen LogP contribution >= 0.6 is 23.2 Å². The van der Waals surface area contributed by atoms with Crippen molar-refractivity contribution in [2.24, 2.45) is 5.92 Å². The molecule has 1 fully saturated rings. The van der Waals surface area contributed by atoms with Crippen LogP contribution in [0.1, 0.15) is 55.5 Å². The molecule has 1 aliphatic carbocycles. The van der Waals surface area contributed by atoms with E-state index in [9.17, 15) is 9.59 Å². The summed E-state index contributed by atoms with van der Waals surface area (Å²) >= 11 is 12.1. The molecule has 0 spiro atoms. The molecular formula is C24H26Cl2N2O2. The van der Waals surface area contributed by atoms with Crippen molar-refractivity contribution in [3.05, 3.63) is 63.6 Å². The second-order valence-corrected chi connectivity index (χ2v) is 9.72. The number of fused-ring (bicyclic) bond motifs is 1. The smallest absolute Gasteiger partial charge is 0.253 e. The van der Waals surface area contributed by atoms with E-state index in [-0.39, 0.29) is 17.9 Å². The average molecular weight is 445 g/mol. The predicted octanol–water partition coefficient (Wildman–Crippen LogP) is 5.61. The van der Waals surface area contributed by atoms with Crippen LogP contribution in [0.2, 0.25) is 10.0 Å². The fraction of sp³-hybridized carbons (Fsp3) is 0.417. The highest BCUT2D eigenvalue weighted by molar-refractivity contribution is 6.35. The van der Waals surface area contributed by atoms with Gasteiger partial charge in [0.25, 0.3) is 5.91 Å². The first-order valence-electron chi connectivity index (χ1n) is 10.4. The molecule has 0 radical (unpaired) electrons. The van der Waals surface area contributed by atoms with Gasteiger partial charge >= 0.3 is 0 Å². The van der Waals surface area contributed by atoms with Crippen LogP contribution in [0.15, 0.2) is 42.5 Å². The van der Waals surface area contributed by atoms with Gasteiger partial charge in [0.15, 0.2) is 0 Å². The second kappa shape index (κ2) is 8.24. The highest BCUT2D eigenvalue weighted by Gasteiger charge is 2.44. The van der Waals surface area contributed by atoms with Crippen molar-refractivity contribution in [3.63, 3.8) is 0 Å². The topological polar surface area (TPSA) is 49.4 Å². The Hall–Kier alpha value is -2.04. The van der Waals surface area contributed by atoms with Gasteiger partial charge in [-0.05, 0) is 75.3 Å². The summed E-state index contributed by atoms with van der Waals surface area (Å²) in [5, 5.41) is 3.99. The Bertz CT molecular complexity index is 981. The predicted molar refractivity (Wildman–Crippen MR) is 121 cm³/mol. The summed E-state index contributed by atoms with van der Waals surface area (Å²) in [4.78, 5) is 27.6. The molecule has 0 aromatic heterocycles. The highest BCUT2D eigenvalue weighted by Crippen LogP contribution is 2.42. The second-order valence-electron chi connectivity index (χ2n) is 8.87. The molecule has 30 heavy (non-hydrogen) atoms. The fourth-order valence-corrected chi connectivity index (χ4v) is 5.04. The molecule has 1 saturated carbocycles. The quantitative estimate of drug-likeness (QED) is 0.666. The lowest BCUT2D eigenvalue weighted by Gasteiger charge is -2.32. The molecule has 0 bridgehead atoms. The lowest BCUT2D eigenvalue weighted by Crippen LogP contribution is -2.42. The molecule has 0 unspecified atom stereocenters. The number of nitrogens with one attached hydrogen (secondary N) is 1. The Morgan fingerprint density at radius 2 is 1.80 bits per heavy atom. The molecule has 2 aromatic carbocycles. The van der Waals surface area contributed by atoms with Gasteiger partial charge in [-0.3, -0.25) is 9.59 Å². The first-order chi connectivity index (χ1) is 14.3. The first kappa shape index (κ1) is 21.2. The van der Waals surface area contributed by atoms with E-state index in [1.54, 1.807) is 18.2 Å². The van der Waals surface area contributed by atoms with E-state index in [2.05, 4.69) is 11.4 Å². The van der Waals surface area contributed by atoms with Gasteiger partial charge in [0.05, 0.1) is 16.0 Å². The van der Waals surface area contributed by atoms with Gasteiger partial charge in [0.1, 0.15) is 0 Å². The minimum atomic E-state index is -0.474. The lowest BCUT2D eigenvalue weighted by atomic mass is 9.85. The van der Waals surface area contributed by atoms with Crippen LogP contribution < -0.4 is 10.2 Å². The minimum absolute atomic E-state index is 0.113. The van der Waals surface area contributed by atoms with Crippen molar-refractivity contribution >= 4 is 40.7 Å². The first-order valence-corrected chi connectivity index (χ1v) is 11.2. The lowest BCUT2D eigenvalue weighted by molar-refractivity contribution is -0.122. The minimum Gasteiger partial charge on any atom is -0.349 e. The normalized spacial score (nSPS) is 22.7. The maximum Gasteiger partial charge on any atom is 0.253 e. The SMILES string of the molecule is CC1(C)C(=O)N(C[C@H]2CC[C@H](NC(=O)c3cc(Cl)ccc3Cl)CC2)c2ccccc21. The van der Waals surface area contributed by atoms with E-state index >= 15 is 0 Å². The molecule has 4 nitrogen and oxygen atoms in total. The van der Waals surface area contributed by atoms with Crippen LogP contribution in [-0.2, 0) is 10.2 Å². The van der Waals surface area contributed by atoms with Crippen LogP contribution in [0.5, 0.6) is 0 Å².